The van der Waals surface area contributed by atoms with E-state index in [1.54, 1.807) is 0 Å². The van der Waals surface area contributed by atoms with E-state index in [0.717, 1.165) is 54.2 Å². The van der Waals surface area contributed by atoms with Gasteiger partial charge in [0.05, 0.1) is 17.7 Å². The molecule has 0 saturated carbocycles. The molecule has 0 atom stereocenters. The minimum absolute atomic E-state index is 0.0456. The number of rotatable bonds is 4. The van der Waals surface area contributed by atoms with Crippen molar-refractivity contribution >= 4 is 29.0 Å². The first-order chi connectivity index (χ1) is 14.6. The molecule has 3 aromatic rings. The summed E-state index contributed by atoms with van der Waals surface area (Å²) in [5.41, 5.74) is 3.01. The molecular weight excluding hydrogens is 398 g/mol. The van der Waals surface area contributed by atoms with Crippen LogP contribution in [-0.4, -0.2) is 46.1 Å². The second-order valence-electron chi connectivity index (χ2n) is 8.01. The first-order valence-electron chi connectivity index (χ1n) is 10.4. The van der Waals surface area contributed by atoms with E-state index < -0.39 is 0 Å². The number of likely N-dealkylation sites (tertiary alicyclic amines) is 1. The van der Waals surface area contributed by atoms with Gasteiger partial charge < -0.3 is 18.6 Å². The molecule has 30 heavy (non-hydrogen) atoms. The lowest BCUT2D eigenvalue weighted by atomic mass is 9.89. The molecule has 0 spiro atoms. The number of benzene rings is 2. The molecule has 2 aliphatic rings. The van der Waals surface area contributed by atoms with Crippen LogP contribution in [0.3, 0.4) is 0 Å². The van der Waals surface area contributed by atoms with E-state index in [1.807, 2.05) is 37.4 Å². The van der Waals surface area contributed by atoms with Crippen molar-refractivity contribution in [2.75, 3.05) is 26.3 Å². The van der Waals surface area contributed by atoms with Crippen LogP contribution in [0.1, 0.15) is 23.2 Å². The van der Waals surface area contributed by atoms with Crippen LogP contribution in [0.5, 0.6) is 11.5 Å². The van der Waals surface area contributed by atoms with Gasteiger partial charge in [-0.1, -0.05) is 12.1 Å². The minimum atomic E-state index is 0.0456. The molecule has 0 amide bonds. The molecule has 0 unspecified atom stereocenters. The Balaban J connectivity index is 1.26. The Hall–Kier alpha value is -2.64. The number of imidazole rings is 1. The summed E-state index contributed by atoms with van der Waals surface area (Å²) in [5, 5.41) is 0. The van der Waals surface area contributed by atoms with Gasteiger partial charge in [0.2, 0.25) is 0 Å². The Morgan fingerprint density at radius 3 is 2.50 bits per heavy atom. The number of aromatic nitrogens is 2. The van der Waals surface area contributed by atoms with Crippen LogP contribution in [0.25, 0.3) is 11.0 Å². The third kappa shape index (κ3) is 3.42. The van der Waals surface area contributed by atoms with Gasteiger partial charge in [-0.25, -0.2) is 0 Å². The molecule has 1 saturated heterocycles. The fourth-order valence-corrected chi connectivity index (χ4v) is 4.72. The summed E-state index contributed by atoms with van der Waals surface area (Å²) in [7, 11) is 2.01. The minimum Gasteiger partial charge on any atom is -0.486 e. The SMILES string of the molecule is Cn1c(=S)n(CN2CCC(C(=O)c3ccc4c(c3)OCCO4)CC2)c2ccccc21. The molecule has 156 valence electrons. The van der Waals surface area contributed by atoms with Crippen molar-refractivity contribution in [1.82, 2.24) is 14.0 Å². The van der Waals surface area contributed by atoms with Gasteiger partial charge in [-0.05, 0) is 55.4 Å². The lowest BCUT2D eigenvalue weighted by molar-refractivity contribution is 0.0811. The summed E-state index contributed by atoms with van der Waals surface area (Å²) >= 11 is 5.66. The van der Waals surface area contributed by atoms with Gasteiger partial charge >= 0.3 is 0 Å². The second-order valence-corrected chi connectivity index (χ2v) is 8.38. The molecule has 7 heteroatoms. The van der Waals surface area contributed by atoms with Gasteiger partial charge in [-0.3, -0.25) is 9.69 Å². The topological polar surface area (TPSA) is 48.6 Å². The molecule has 2 aromatic carbocycles. The molecule has 0 aliphatic carbocycles. The Bertz CT molecular complexity index is 1160. The Morgan fingerprint density at radius 2 is 1.73 bits per heavy atom. The van der Waals surface area contributed by atoms with Crippen LogP contribution in [0.15, 0.2) is 42.5 Å². The van der Waals surface area contributed by atoms with Crippen molar-refractivity contribution in [2.24, 2.45) is 13.0 Å². The fraction of sp³-hybridized carbons (Fsp3) is 0.391. The highest BCUT2D eigenvalue weighted by atomic mass is 32.1. The average Bonchev–Trinajstić information content (AvgIpc) is 3.04. The van der Waals surface area contributed by atoms with Crippen molar-refractivity contribution in [2.45, 2.75) is 19.5 Å². The third-order valence-electron chi connectivity index (χ3n) is 6.18. The largest absolute Gasteiger partial charge is 0.486 e. The van der Waals surface area contributed by atoms with Gasteiger partial charge in [0.15, 0.2) is 22.1 Å². The van der Waals surface area contributed by atoms with E-state index in [2.05, 4.69) is 26.2 Å². The molecule has 0 radical (unpaired) electrons. The zero-order valence-corrected chi connectivity index (χ0v) is 17.9. The zero-order valence-electron chi connectivity index (χ0n) is 17.0. The maximum absolute atomic E-state index is 13.0. The highest BCUT2D eigenvalue weighted by Crippen LogP contribution is 2.32. The lowest BCUT2D eigenvalue weighted by Crippen LogP contribution is -2.37. The number of Topliss-reactive ketones (excluding diaryl/α,β-unsaturated/α-hetero) is 1. The highest BCUT2D eigenvalue weighted by Gasteiger charge is 2.27. The van der Waals surface area contributed by atoms with Crippen LogP contribution in [0.4, 0.5) is 0 Å². The van der Waals surface area contributed by atoms with Gasteiger partial charge in [-0.2, -0.15) is 0 Å². The maximum Gasteiger partial charge on any atom is 0.181 e. The lowest BCUT2D eigenvalue weighted by Gasteiger charge is -2.31. The molecule has 5 rings (SSSR count). The molecule has 0 N–H and O–H groups in total. The maximum atomic E-state index is 13.0. The van der Waals surface area contributed by atoms with Crippen LogP contribution < -0.4 is 9.47 Å². The Kier molecular flexibility index (Phi) is 5.08. The standard InChI is InChI=1S/C23H25N3O3S/c1-24-18-4-2-3-5-19(18)26(23(24)30)15-25-10-8-16(9-11-25)22(27)17-6-7-20-21(14-17)29-13-12-28-20/h2-7,14,16H,8-13,15H2,1H3. The van der Waals surface area contributed by atoms with E-state index in [9.17, 15) is 4.79 Å². The van der Waals surface area contributed by atoms with Gasteiger partial charge in [0.25, 0.3) is 0 Å². The highest BCUT2D eigenvalue weighted by molar-refractivity contribution is 7.71. The summed E-state index contributed by atoms with van der Waals surface area (Å²) in [6, 6.07) is 13.8. The van der Waals surface area contributed by atoms with Crippen molar-refractivity contribution in [1.29, 1.82) is 0 Å². The summed E-state index contributed by atoms with van der Waals surface area (Å²) < 4.78 is 16.3. The number of aryl methyl sites for hydroxylation is 1. The van der Waals surface area contributed by atoms with E-state index in [-0.39, 0.29) is 11.7 Å². The first-order valence-corrected chi connectivity index (χ1v) is 10.8. The number of para-hydroxylation sites is 2. The van der Waals surface area contributed by atoms with Gasteiger partial charge in [-0.15, -0.1) is 0 Å². The van der Waals surface area contributed by atoms with Crippen molar-refractivity contribution in [3.05, 3.63) is 52.8 Å². The number of hydrogen-bond acceptors (Lipinski definition) is 5. The third-order valence-corrected chi connectivity index (χ3v) is 6.67. The molecule has 1 fully saturated rings. The van der Waals surface area contributed by atoms with Gasteiger partial charge in [0, 0.05) is 31.6 Å². The summed E-state index contributed by atoms with van der Waals surface area (Å²) in [4.78, 5) is 15.4. The summed E-state index contributed by atoms with van der Waals surface area (Å²) in [5.74, 6) is 1.65. The van der Waals surface area contributed by atoms with Crippen LogP contribution >= 0.6 is 12.2 Å². The van der Waals surface area contributed by atoms with Crippen LogP contribution in [-0.2, 0) is 13.7 Å². The summed E-state index contributed by atoms with van der Waals surface area (Å²) in [6.45, 7) is 3.60. The number of fused-ring (bicyclic) bond motifs is 2. The molecular formula is C23H25N3O3S. The predicted octanol–water partition coefficient (Wildman–Crippen LogP) is 4.03. The Labute approximate surface area is 180 Å². The molecule has 6 nitrogen and oxygen atoms in total. The van der Waals surface area contributed by atoms with E-state index in [1.165, 1.54) is 0 Å². The predicted molar refractivity (Wildman–Crippen MR) is 118 cm³/mol. The smallest absolute Gasteiger partial charge is 0.181 e. The quantitative estimate of drug-likeness (QED) is 0.468. The molecule has 1 aromatic heterocycles. The zero-order chi connectivity index (χ0) is 20.7. The Morgan fingerprint density at radius 1 is 1.03 bits per heavy atom. The summed E-state index contributed by atoms with van der Waals surface area (Å²) in [6.07, 6.45) is 1.71. The fourth-order valence-electron chi connectivity index (χ4n) is 4.47. The number of carbonyl (C=O) groups is 1. The van der Waals surface area contributed by atoms with Gasteiger partial charge in [0.1, 0.15) is 13.2 Å². The molecule has 0 bridgehead atoms. The number of nitrogens with zero attached hydrogens (tertiary/aromatic N) is 3. The second kappa shape index (κ2) is 7.89. The monoisotopic (exact) mass is 423 g/mol. The van der Waals surface area contributed by atoms with E-state index >= 15 is 0 Å². The number of piperidine rings is 1. The van der Waals surface area contributed by atoms with Crippen LogP contribution in [0, 0.1) is 10.7 Å². The number of ether oxygens (including phenoxy) is 2. The van der Waals surface area contributed by atoms with Crippen molar-refractivity contribution in [3.8, 4) is 11.5 Å². The van der Waals surface area contributed by atoms with E-state index in [0.29, 0.717) is 24.5 Å². The normalized spacial score (nSPS) is 17.4. The van der Waals surface area contributed by atoms with Crippen molar-refractivity contribution < 1.29 is 14.3 Å². The van der Waals surface area contributed by atoms with Crippen LogP contribution in [0.2, 0.25) is 0 Å². The molecule has 2 aliphatic heterocycles. The average molecular weight is 424 g/mol. The molecule has 3 heterocycles. The van der Waals surface area contributed by atoms with Crippen molar-refractivity contribution in [3.63, 3.8) is 0 Å². The number of ketones is 1. The number of carbonyl (C=O) groups excluding carboxylic acids is 1. The first kappa shape index (κ1) is 19.3. The number of hydrogen-bond donors (Lipinski definition) is 0. The van der Waals surface area contributed by atoms with E-state index in [4.69, 9.17) is 21.7 Å².